The maximum Gasteiger partial charge on any atom is 0.259 e. The van der Waals surface area contributed by atoms with Gasteiger partial charge in [0, 0.05) is 34.5 Å². The van der Waals surface area contributed by atoms with Crippen molar-refractivity contribution in [2.24, 2.45) is 5.11 Å². The van der Waals surface area contributed by atoms with Crippen molar-refractivity contribution in [1.82, 2.24) is 4.57 Å². The largest absolute Gasteiger partial charge is 0.493 e. The molecule has 170 valence electrons. The van der Waals surface area contributed by atoms with E-state index in [1.807, 2.05) is 0 Å². The van der Waals surface area contributed by atoms with E-state index in [1.54, 1.807) is 28.8 Å². The van der Waals surface area contributed by atoms with Crippen LogP contribution in [0.2, 0.25) is 0 Å². The van der Waals surface area contributed by atoms with E-state index < -0.39 is 0 Å². The van der Waals surface area contributed by atoms with Crippen LogP contribution in [-0.4, -0.2) is 45.3 Å². The van der Waals surface area contributed by atoms with Gasteiger partial charge in [-0.1, -0.05) is 5.11 Å². The Labute approximate surface area is 188 Å². The molecule has 4 rings (SSSR count). The summed E-state index contributed by atoms with van der Waals surface area (Å²) in [6.07, 6.45) is 0.423. The molecule has 0 bridgehead atoms. The van der Waals surface area contributed by atoms with Gasteiger partial charge < -0.3 is 23.5 Å². The summed E-state index contributed by atoms with van der Waals surface area (Å²) in [5.41, 5.74) is 10.2. The van der Waals surface area contributed by atoms with Gasteiger partial charge in [0.2, 0.25) is 0 Å². The van der Waals surface area contributed by atoms with E-state index in [2.05, 4.69) is 10.0 Å². The molecule has 3 aromatic rings. The number of hydrogen-bond donors (Lipinski definition) is 0. The van der Waals surface area contributed by atoms with Gasteiger partial charge in [0.25, 0.3) is 5.56 Å². The molecule has 0 fully saturated rings. The van der Waals surface area contributed by atoms with Crippen LogP contribution in [-0.2, 0) is 6.54 Å². The Bertz CT molecular complexity index is 1390. The Balaban J connectivity index is 2.09. The minimum absolute atomic E-state index is 0.217. The van der Waals surface area contributed by atoms with Crippen LogP contribution >= 0.6 is 0 Å². The zero-order valence-corrected chi connectivity index (χ0v) is 18.7. The van der Waals surface area contributed by atoms with Gasteiger partial charge >= 0.3 is 0 Å². The standard InChI is InChI=1S/C23H22N4O6/c1-30-16-8-12-15(11-19(16)33-4)23(29)27(7-5-6-25-26-24)21-13-9-17(31-2)18(32-3)10-14(13)22(28)20(12)21/h8-11H,5-7H2,1-4H3. The van der Waals surface area contributed by atoms with Gasteiger partial charge in [0.05, 0.1) is 45.1 Å². The first kappa shape index (κ1) is 22.0. The number of azide groups is 1. The number of methoxy groups -OCH3 is 4. The van der Waals surface area contributed by atoms with Crippen molar-refractivity contribution in [3.05, 3.63) is 56.2 Å². The van der Waals surface area contributed by atoms with E-state index in [4.69, 9.17) is 24.5 Å². The molecule has 1 heterocycles. The molecule has 0 saturated carbocycles. The fourth-order valence-electron chi connectivity index (χ4n) is 4.24. The number of hydrogen-bond acceptors (Lipinski definition) is 7. The number of rotatable bonds is 8. The average Bonchev–Trinajstić information content (AvgIpc) is 3.13. The number of benzene rings is 2. The van der Waals surface area contributed by atoms with Crippen LogP contribution in [0.5, 0.6) is 23.0 Å². The molecule has 10 heteroatoms. The molecular weight excluding hydrogens is 428 g/mol. The molecule has 1 aliphatic carbocycles. The van der Waals surface area contributed by atoms with E-state index >= 15 is 0 Å². The Morgan fingerprint density at radius 1 is 0.848 bits per heavy atom. The summed E-state index contributed by atoms with van der Waals surface area (Å²) in [4.78, 5) is 30.0. The predicted molar refractivity (Wildman–Crippen MR) is 122 cm³/mol. The van der Waals surface area contributed by atoms with Crippen LogP contribution in [0.1, 0.15) is 22.3 Å². The van der Waals surface area contributed by atoms with E-state index in [0.29, 0.717) is 62.6 Å². The lowest BCUT2D eigenvalue weighted by molar-refractivity contribution is 0.104. The van der Waals surface area contributed by atoms with Gasteiger partial charge in [0.15, 0.2) is 28.8 Å². The number of pyridine rings is 1. The number of ketones is 1. The molecule has 2 aromatic carbocycles. The monoisotopic (exact) mass is 450 g/mol. The summed E-state index contributed by atoms with van der Waals surface area (Å²) in [5, 5.41) is 4.36. The first-order valence-corrected chi connectivity index (χ1v) is 10.1. The second-order valence-electron chi connectivity index (χ2n) is 7.32. The number of carbonyl (C=O) groups is 1. The highest BCUT2D eigenvalue weighted by atomic mass is 16.5. The lowest BCUT2D eigenvalue weighted by Gasteiger charge is -2.17. The Kier molecular flexibility index (Phi) is 5.85. The minimum Gasteiger partial charge on any atom is -0.493 e. The molecule has 33 heavy (non-hydrogen) atoms. The third-order valence-corrected chi connectivity index (χ3v) is 5.73. The van der Waals surface area contributed by atoms with E-state index in [0.717, 1.165) is 0 Å². The minimum atomic E-state index is -0.291. The van der Waals surface area contributed by atoms with Gasteiger partial charge in [0.1, 0.15) is 0 Å². The first-order valence-electron chi connectivity index (χ1n) is 10.1. The predicted octanol–water partition coefficient (Wildman–Crippen LogP) is 3.95. The zero-order valence-electron chi connectivity index (χ0n) is 18.7. The topological polar surface area (TPSA) is 125 Å². The summed E-state index contributed by atoms with van der Waals surface area (Å²) in [6, 6.07) is 6.56. The smallest absolute Gasteiger partial charge is 0.259 e. The number of ether oxygens (including phenoxy) is 4. The van der Waals surface area contributed by atoms with Crippen LogP contribution in [0.15, 0.2) is 34.2 Å². The molecule has 0 atom stereocenters. The molecule has 0 radical (unpaired) electrons. The van der Waals surface area contributed by atoms with Gasteiger partial charge in [-0.05, 0) is 36.2 Å². The first-order chi connectivity index (χ1) is 16.0. The summed E-state index contributed by atoms with van der Waals surface area (Å²) in [5.74, 6) is 1.41. The maximum atomic E-state index is 13.6. The molecule has 10 nitrogen and oxygen atoms in total. The highest BCUT2D eigenvalue weighted by Crippen LogP contribution is 2.45. The highest BCUT2D eigenvalue weighted by molar-refractivity contribution is 6.27. The quantitative estimate of drug-likeness (QED) is 0.173. The molecule has 1 aromatic heterocycles. The maximum absolute atomic E-state index is 13.6. The van der Waals surface area contributed by atoms with Crippen LogP contribution in [0.25, 0.3) is 32.5 Å². The van der Waals surface area contributed by atoms with Gasteiger partial charge in [-0.15, -0.1) is 0 Å². The summed E-state index contributed by atoms with van der Waals surface area (Å²) >= 11 is 0. The molecule has 0 aliphatic heterocycles. The number of fused-ring (bicyclic) bond motifs is 5. The summed E-state index contributed by atoms with van der Waals surface area (Å²) < 4.78 is 23.2. The van der Waals surface area contributed by atoms with Crippen LogP contribution in [0, 0.1) is 0 Å². The lowest BCUT2D eigenvalue weighted by atomic mass is 10.0. The number of aromatic nitrogens is 1. The van der Waals surface area contributed by atoms with E-state index in [9.17, 15) is 9.59 Å². The SMILES string of the molecule is COc1cc2c(cc1OC)-c1c(c3cc(OC)c(OC)cc3c(=O)n1CCCN=[N+]=[N-])C2=O. The van der Waals surface area contributed by atoms with Gasteiger partial charge in [-0.2, -0.15) is 0 Å². The van der Waals surface area contributed by atoms with Crippen molar-refractivity contribution in [1.29, 1.82) is 0 Å². The van der Waals surface area contributed by atoms with Crippen LogP contribution < -0.4 is 24.5 Å². The summed E-state index contributed by atoms with van der Waals surface area (Å²) in [7, 11) is 5.98. The van der Waals surface area contributed by atoms with Gasteiger partial charge in [-0.25, -0.2) is 0 Å². The van der Waals surface area contributed by atoms with Gasteiger partial charge in [-0.3, -0.25) is 9.59 Å². The van der Waals surface area contributed by atoms with Crippen molar-refractivity contribution in [2.75, 3.05) is 35.0 Å². The molecule has 0 spiro atoms. The fraction of sp³-hybridized carbons (Fsp3) is 0.304. The molecule has 1 aliphatic rings. The number of nitrogens with zero attached hydrogens (tertiary/aromatic N) is 4. The normalized spacial score (nSPS) is 11.6. The molecule has 0 saturated heterocycles. The second kappa shape index (κ2) is 8.76. The number of carbonyl (C=O) groups excluding carboxylic acids is 1. The molecule has 0 amide bonds. The van der Waals surface area contributed by atoms with Crippen molar-refractivity contribution in [3.8, 4) is 34.3 Å². The molecular formula is C23H22N4O6. The van der Waals surface area contributed by atoms with E-state index in [1.165, 1.54) is 28.4 Å². The Morgan fingerprint density at radius 3 is 1.97 bits per heavy atom. The molecule has 0 unspecified atom stereocenters. The average molecular weight is 450 g/mol. The van der Waals surface area contributed by atoms with Crippen molar-refractivity contribution >= 4 is 16.6 Å². The Morgan fingerprint density at radius 2 is 1.39 bits per heavy atom. The third-order valence-electron chi connectivity index (χ3n) is 5.73. The Hall–Kier alpha value is -4.17. The van der Waals surface area contributed by atoms with Crippen LogP contribution in [0.4, 0.5) is 0 Å². The van der Waals surface area contributed by atoms with Crippen molar-refractivity contribution in [3.63, 3.8) is 0 Å². The third kappa shape index (κ3) is 3.41. The van der Waals surface area contributed by atoms with Crippen molar-refractivity contribution < 1.29 is 23.7 Å². The van der Waals surface area contributed by atoms with E-state index in [-0.39, 0.29) is 24.4 Å². The highest BCUT2D eigenvalue weighted by Gasteiger charge is 2.34. The van der Waals surface area contributed by atoms with Crippen LogP contribution in [0.3, 0.4) is 0 Å². The lowest BCUT2D eigenvalue weighted by Crippen LogP contribution is -2.24. The zero-order chi connectivity index (χ0) is 23.7. The van der Waals surface area contributed by atoms with Crippen molar-refractivity contribution in [2.45, 2.75) is 13.0 Å². The molecule has 0 N–H and O–H groups in total. The fourth-order valence-corrected chi connectivity index (χ4v) is 4.24. The second-order valence-corrected chi connectivity index (χ2v) is 7.32. The summed E-state index contributed by atoms with van der Waals surface area (Å²) in [6.45, 7) is 0.472.